The number of carbonyl (C=O) groups excluding carboxylic acids is 2. The van der Waals surface area contributed by atoms with E-state index in [-0.39, 0.29) is 28.8 Å². The number of alkyl halides is 4. The third-order valence-corrected chi connectivity index (χ3v) is 6.03. The van der Waals surface area contributed by atoms with E-state index in [9.17, 15) is 40.3 Å². The molecule has 0 saturated carbocycles. The van der Waals surface area contributed by atoms with Crippen LogP contribution in [0, 0.1) is 17.5 Å². The van der Waals surface area contributed by atoms with E-state index in [4.69, 9.17) is 11.5 Å². The fourth-order valence-electron chi connectivity index (χ4n) is 4.16. The summed E-state index contributed by atoms with van der Waals surface area (Å²) in [5.74, 6) is -4.80. The number of hydrogen-bond donors (Lipinski definition) is 3. The van der Waals surface area contributed by atoms with Crippen LogP contribution in [0.15, 0.2) is 83.6 Å². The molecule has 2 aromatic carbocycles. The van der Waals surface area contributed by atoms with E-state index in [0.717, 1.165) is 24.3 Å². The highest BCUT2D eigenvalue weighted by atomic mass is 19.3. The van der Waals surface area contributed by atoms with Crippen LogP contribution in [0.3, 0.4) is 0 Å². The molecule has 0 unspecified atom stereocenters. The summed E-state index contributed by atoms with van der Waals surface area (Å²) in [6.45, 7) is 2.20. The smallest absolute Gasteiger partial charge is 0.280 e. The van der Waals surface area contributed by atoms with Crippen molar-refractivity contribution in [2.45, 2.75) is 25.3 Å². The number of aromatic nitrogens is 1. The Labute approximate surface area is 240 Å². The van der Waals surface area contributed by atoms with Crippen LogP contribution >= 0.6 is 0 Å². The molecule has 43 heavy (non-hydrogen) atoms. The minimum atomic E-state index is -3.40. The maximum atomic E-state index is 14.1. The number of allylic oxidation sites excluding steroid dienone is 3. The Morgan fingerprint density at radius 2 is 1.65 bits per heavy atom. The molecular formula is C29H24F7N5O2. The summed E-state index contributed by atoms with van der Waals surface area (Å²) in [5.41, 5.74) is 7.42. The van der Waals surface area contributed by atoms with Gasteiger partial charge < -0.3 is 16.8 Å². The maximum absolute atomic E-state index is 14.1. The first kappa shape index (κ1) is 32.5. The number of halogens is 7. The summed E-state index contributed by atoms with van der Waals surface area (Å²) >= 11 is 0. The van der Waals surface area contributed by atoms with Crippen LogP contribution in [0.1, 0.15) is 27.7 Å². The first-order valence-electron chi connectivity index (χ1n) is 12.3. The van der Waals surface area contributed by atoms with Gasteiger partial charge in [-0.25, -0.2) is 30.7 Å². The van der Waals surface area contributed by atoms with Crippen molar-refractivity contribution in [3.63, 3.8) is 0 Å². The lowest BCUT2D eigenvalue weighted by Crippen LogP contribution is -2.33. The Morgan fingerprint density at radius 1 is 0.977 bits per heavy atom. The van der Waals surface area contributed by atoms with Gasteiger partial charge in [0.2, 0.25) is 5.91 Å². The van der Waals surface area contributed by atoms with Crippen LogP contribution < -0.4 is 16.8 Å². The number of nitrogens with one attached hydrogen (secondary N) is 1. The van der Waals surface area contributed by atoms with Crippen LogP contribution in [0.5, 0.6) is 0 Å². The van der Waals surface area contributed by atoms with Gasteiger partial charge >= 0.3 is 0 Å². The van der Waals surface area contributed by atoms with Crippen LogP contribution in [-0.2, 0) is 11.2 Å². The molecule has 7 nitrogen and oxygen atoms in total. The van der Waals surface area contributed by atoms with Gasteiger partial charge in [-0.05, 0) is 47.9 Å². The third-order valence-electron chi connectivity index (χ3n) is 6.03. The number of nitrogens with two attached hydrogens (primary N) is 2. The number of primary amides is 1. The summed E-state index contributed by atoms with van der Waals surface area (Å²) in [6, 6.07) is 7.85. The highest BCUT2D eigenvalue weighted by Crippen LogP contribution is 2.30. The molecule has 0 saturated heterocycles. The predicted molar refractivity (Wildman–Crippen MR) is 145 cm³/mol. The zero-order valence-electron chi connectivity index (χ0n) is 22.1. The first-order valence-corrected chi connectivity index (χ1v) is 12.3. The van der Waals surface area contributed by atoms with E-state index in [2.05, 4.69) is 21.9 Å². The average molecular weight is 608 g/mol. The summed E-state index contributed by atoms with van der Waals surface area (Å²) < 4.78 is 95.6. The van der Waals surface area contributed by atoms with Crippen LogP contribution in [0.4, 0.5) is 30.7 Å². The lowest BCUT2D eigenvalue weighted by atomic mass is 9.94. The molecule has 0 radical (unpaired) electrons. The van der Waals surface area contributed by atoms with E-state index in [1.54, 1.807) is 0 Å². The summed E-state index contributed by atoms with van der Waals surface area (Å²) in [6.07, 6.45) is -5.00. The van der Waals surface area contributed by atoms with Crippen molar-refractivity contribution < 1.29 is 40.3 Å². The van der Waals surface area contributed by atoms with Crippen molar-refractivity contribution >= 4 is 17.5 Å². The van der Waals surface area contributed by atoms with Crippen molar-refractivity contribution in [2.75, 3.05) is 6.54 Å². The van der Waals surface area contributed by atoms with E-state index < -0.39 is 77.2 Å². The Bertz CT molecular complexity index is 1570. The van der Waals surface area contributed by atoms with Crippen molar-refractivity contribution in [1.29, 1.82) is 0 Å². The highest BCUT2D eigenvalue weighted by molar-refractivity contribution is 6.06. The number of amides is 2. The molecule has 2 amide bonds. The molecule has 1 aromatic heterocycles. The second kappa shape index (κ2) is 14.2. The molecule has 0 fully saturated rings. The van der Waals surface area contributed by atoms with E-state index in [1.165, 1.54) is 24.4 Å². The van der Waals surface area contributed by atoms with Crippen LogP contribution in [0.25, 0.3) is 11.1 Å². The third kappa shape index (κ3) is 8.27. The van der Waals surface area contributed by atoms with Crippen molar-refractivity contribution in [2.24, 2.45) is 16.5 Å². The van der Waals surface area contributed by atoms with Gasteiger partial charge in [-0.2, -0.15) is 0 Å². The van der Waals surface area contributed by atoms with Crippen LogP contribution in [-0.4, -0.2) is 41.9 Å². The molecule has 3 aromatic rings. The average Bonchev–Trinajstić information content (AvgIpc) is 2.94. The van der Waals surface area contributed by atoms with Gasteiger partial charge in [0.1, 0.15) is 29.7 Å². The molecule has 1 heterocycles. The molecule has 0 spiro atoms. The van der Waals surface area contributed by atoms with Gasteiger partial charge in [-0.1, -0.05) is 24.8 Å². The number of rotatable bonds is 12. The lowest BCUT2D eigenvalue weighted by molar-refractivity contribution is -0.120. The monoisotopic (exact) mass is 607 g/mol. The molecule has 1 atom stereocenters. The minimum Gasteiger partial charge on any atom is -0.397 e. The Morgan fingerprint density at radius 3 is 2.23 bits per heavy atom. The second-order valence-electron chi connectivity index (χ2n) is 8.97. The van der Waals surface area contributed by atoms with Crippen LogP contribution in [0.2, 0.25) is 0 Å². The number of nitrogens with zero attached hydrogens (tertiary/aromatic N) is 2. The van der Waals surface area contributed by atoms with E-state index in [1.807, 2.05) is 0 Å². The van der Waals surface area contributed by atoms with E-state index in [0.29, 0.717) is 12.1 Å². The zero-order chi connectivity index (χ0) is 31.8. The molecule has 226 valence electrons. The number of benzene rings is 2. The van der Waals surface area contributed by atoms with Gasteiger partial charge in [0.25, 0.3) is 18.8 Å². The van der Waals surface area contributed by atoms with Gasteiger partial charge in [-0.15, -0.1) is 0 Å². The highest BCUT2D eigenvalue weighted by Gasteiger charge is 2.25. The Hall–Kier alpha value is -5.01. The number of aliphatic imine (C=N–C) groups is 1. The van der Waals surface area contributed by atoms with Crippen molar-refractivity contribution in [3.05, 3.63) is 113 Å². The standard InChI is InChI=1S/C29H24F7N5O2/c1-2-18(24(37)27(33)34)26(28(35)36)40-13-23(42)41-22(10-14-8-16(30)12-17(31)9-14)25-19(4-3-7-39-25)15-5-6-21(32)20(11-15)29(38)43/h2-9,11-12,22,27-28H,1,10,13,37H2,(H2,38,43)(H,41,42)/t22-/m0/s1. The molecule has 0 bridgehead atoms. The largest absolute Gasteiger partial charge is 0.397 e. The Balaban J connectivity index is 2.06. The molecule has 3 rings (SSSR count). The van der Waals surface area contributed by atoms with Gasteiger partial charge in [0.05, 0.1) is 23.0 Å². The van der Waals surface area contributed by atoms with E-state index >= 15 is 0 Å². The first-order chi connectivity index (χ1) is 20.3. The summed E-state index contributed by atoms with van der Waals surface area (Å²) in [5, 5.41) is 2.50. The summed E-state index contributed by atoms with van der Waals surface area (Å²) in [7, 11) is 0. The molecule has 5 N–H and O–H groups in total. The lowest BCUT2D eigenvalue weighted by Gasteiger charge is -2.21. The molecule has 0 aliphatic heterocycles. The maximum Gasteiger partial charge on any atom is 0.280 e. The molecule has 0 aliphatic carbocycles. The zero-order valence-corrected chi connectivity index (χ0v) is 22.1. The SMILES string of the molecule is C=CC(C(=NCC(=O)N[C@@H](Cc1cc(F)cc(F)c1)c1ncccc1-c1ccc(F)c(C(N)=O)c1)C(F)F)=C(N)C(F)F. The molecular weight excluding hydrogens is 583 g/mol. The second-order valence-corrected chi connectivity index (χ2v) is 8.97. The number of carbonyl (C=O) groups is 2. The van der Waals surface area contributed by atoms with Gasteiger partial charge in [0.15, 0.2) is 0 Å². The fraction of sp³-hybridized carbons (Fsp3) is 0.172. The Kier molecular flexibility index (Phi) is 10.8. The molecule has 14 heteroatoms. The number of hydrogen-bond acceptors (Lipinski definition) is 5. The quantitative estimate of drug-likeness (QED) is 0.152. The minimum absolute atomic E-state index is 0.0645. The molecule has 0 aliphatic rings. The van der Waals surface area contributed by atoms with Crippen molar-refractivity contribution in [1.82, 2.24) is 10.3 Å². The topological polar surface area (TPSA) is 123 Å². The number of pyridine rings is 1. The van der Waals surface area contributed by atoms with Gasteiger partial charge in [0, 0.05) is 23.4 Å². The summed E-state index contributed by atoms with van der Waals surface area (Å²) in [4.78, 5) is 32.4. The van der Waals surface area contributed by atoms with Crippen molar-refractivity contribution in [3.8, 4) is 11.1 Å². The fourth-order valence-corrected chi connectivity index (χ4v) is 4.16. The predicted octanol–water partition coefficient (Wildman–Crippen LogP) is 5.03. The normalized spacial score (nSPS) is 13.1. The van der Waals surface area contributed by atoms with Gasteiger partial charge in [-0.3, -0.25) is 19.6 Å².